The predicted molar refractivity (Wildman–Crippen MR) is 54.6 cm³/mol. The van der Waals surface area contributed by atoms with Gasteiger partial charge in [-0.1, -0.05) is 0 Å². The fraction of sp³-hybridized carbons (Fsp3) is 0.923. The molecular weight excluding hydrogens is 204 g/mol. The molecule has 3 heteroatoms. The van der Waals surface area contributed by atoms with Crippen molar-refractivity contribution < 1.29 is 14.3 Å². The number of ether oxygens (including phenoxy) is 2. The second-order valence-corrected chi connectivity index (χ2v) is 6.47. The van der Waals surface area contributed by atoms with Crippen LogP contribution >= 0.6 is 0 Å². The van der Waals surface area contributed by atoms with E-state index in [2.05, 4.69) is 0 Å². The maximum absolute atomic E-state index is 11.2. The number of carbonyl (C=O) groups is 1. The van der Waals surface area contributed by atoms with Crippen molar-refractivity contribution in [2.45, 2.75) is 37.9 Å². The molecule has 1 heterocycles. The molecule has 0 spiro atoms. The van der Waals surface area contributed by atoms with Crippen LogP contribution in [0.3, 0.4) is 0 Å². The van der Waals surface area contributed by atoms with Gasteiger partial charge in [-0.05, 0) is 49.4 Å². The summed E-state index contributed by atoms with van der Waals surface area (Å²) in [6.07, 6.45) is 5.43. The normalized spacial score (nSPS) is 64.4. The van der Waals surface area contributed by atoms with Crippen LogP contribution in [0.1, 0.15) is 25.7 Å². The molecule has 4 bridgehead atoms. The first kappa shape index (κ1) is 8.37. The van der Waals surface area contributed by atoms with Crippen molar-refractivity contribution in [3.63, 3.8) is 0 Å². The Labute approximate surface area is 94.5 Å². The summed E-state index contributed by atoms with van der Waals surface area (Å²) in [5.74, 6) is 4.93. The monoisotopic (exact) mass is 220 g/mol. The van der Waals surface area contributed by atoms with Gasteiger partial charge >= 0.3 is 6.16 Å². The van der Waals surface area contributed by atoms with Crippen LogP contribution in [0.15, 0.2) is 0 Å². The van der Waals surface area contributed by atoms with Gasteiger partial charge in [0, 0.05) is 11.8 Å². The second kappa shape index (κ2) is 2.41. The zero-order valence-electron chi connectivity index (χ0n) is 9.17. The van der Waals surface area contributed by atoms with Crippen LogP contribution in [0.25, 0.3) is 0 Å². The molecule has 0 N–H and O–H groups in total. The van der Waals surface area contributed by atoms with E-state index in [4.69, 9.17) is 9.47 Å². The molecule has 4 saturated carbocycles. The molecule has 1 saturated heterocycles. The molecule has 0 aromatic carbocycles. The van der Waals surface area contributed by atoms with Gasteiger partial charge in [0.2, 0.25) is 0 Å². The van der Waals surface area contributed by atoms with E-state index in [1.807, 2.05) is 0 Å². The van der Waals surface area contributed by atoms with Gasteiger partial charge in [0.1, 0.15) is 12.2 Å². The Balaban J connectivity index is 1.57. The van der Waals surface area contributed by atoms with Crippen molar-refractivity contribution in [1.82, 2.24) is 0 Å². The highest BCUT2D eigenvalue weighted by Crippen LogP contribution is 2.68. The average Bonchev–Trinajstić information content (AvgIpc) is 2.98. The lowest BCUT2D eigenvalue weighted by Crippen LogP contribution is -2.42. The largest absolute Gasteiger partial charge is 0.509 e. The van der Waals surface area contributed by atoms with Crippen LogP contribution in [-0.4, -0.2) is 18.4 Å². The minimum absolute atomic E-state index is 0.123. The van der Waals surface area contributed by atoms with Crippen molar-refractivity contribution in [3.05, 3.63) is 0 Å². The zero-order chi connectivity index (χ0) is 10.4. The molecule has 5 aliphatic rings. The quantitative estimate of drug-likeness (QED) is 0.464. The molecule has 4 aliphatic carbocycles. The number of hydrogen-bond donors (Lipinski definition) is 0. The van der Waals surface area contributed by atoms with Gasteiger partial charge in [0.15, 0.2) is 0 Å². The first-order valence-electron chi connectivity index (χ1n) is 6.70. The Hall–Kier alpha value is -0.730. The molecule has 0 amide bonds. The number of carbonyl (C=O) groups excluding carboxylic acids is 1. The van der Waals surface area contributed by atoms with E-state index < -0.39 is 6.16 Å². The van der Waals surface area contributed by atoms with Crippen LogP contribution in [0, 0.1) is 35.5 Å². The molecule has 0 aromatic heterocycles. The van der Waals surface area contributed by atoms with Gasteiger partial charge in [0.25, 0.3) is 0 Å². The van der Waals surface area contributed by atoms with E-state index in [1.165, 1.54) is 25.7 Å². The lowest BCUT2D eigenvalue weighted by atomic mass is 9.69. The Bertz CT molecular complexity index is 347. The van der Waals surface area contributed by atoms with Gasteiger partial charge in [0.05, 0.1) is 0 Å². The Morgan fingerprint density at radius 1 is 0.875 bits per heavy atom. The number of fused-ring (bicyclic) bond motifs is 12. The zero-order valence-corrected chi connectivity index (χ0v) is 9.17. The summed E-state index contributed by atoms with van der Waals surface area (Å²) in [7, 11) is 0. The fourth-order valence-corrected chi connectivity index (χ4v) is 6.03. The van der Waals surface area contributed by atoms with E-state index in [-0.39, 0.29) is 12.2 Å². The van der Waals surface area contributed by atoms with Crippen molar-refractivity contribution in [2.75, 3.05) is 0 Å². The van der Waals surface area contributed by atoms with E-state index >= 15 is 0 Å². The fourth-order valence-electron chi connectivity index (χ4n) is 6.03. The minimum atomic E-state index is -0.406. The van der Waals surface area contributed by atoms with Gasteiger partial charge in [-0.25, -0.2) is 4.79 Å². The van der Waals surface area contributed by atoms with E-state index in [0.29, 0.717) is 11.8 Å². The summed E-state index contributed by atoms with van der Waals surface area (Å²) >= 11 is 0. The van der Waals surface area contributed by atoms with Gasteiger partial charge in [-0.3, -0.25) is 0 Å². The molecule has 0 radical (unpaired) electrons. The first-order valence-corrected chi connectivity index (χ1v) is 6.70. The number of hydrogen-bond acceptors (Lipinski definition) is 3. The summed E-state index contributed by atoms with van der Waals surface area (Å²) in [5.41, 5.74) is 0. The Morgan fingerprint density at radius 3 is 2.00 bits per heavy atom. The Morgan fingerprint density at radius 2 is 1.44 bits per heavy atom. The van der Waals surface area contributed by atoms with E-state index in [0.717, 1.165) is 23.7 Å². The van der Waals surface area contributed by atoms with Crippen molar-refractivity contribution in [2.24, 2.45) is 35.5 Å². The lowest BCUT2D eigenvalue weighted by molar-refractivity contribution is 0.00878. The van der Waals surface area contributed by atoms with Gasteiger partial charge in [-0.2, -0.15) is 0 Å². The van der Waals surface area contributed by atoms with E-state index in [9.17, 15) is 4.79 Å². The van der Waals surface area contributed by atoms with Crippen LogP contribution in [-0.2, 0) is 9.47 Å². The molecule has 0 aromatic rings. The summed E-state index contributed by atoms with van der Waals surface area (Å²) in [6.45, 7) is 0. The Kier molecular flexibility index (Phi) is 1.26. The molecule has 8 atom stereocenters. The maximum atomic E-state index is 11.2. The van der Waals surface area contributed by atoms with Gasteiger partial charge in [-0.15, -0.1) is 0 Å². The van der Waals surface area contributed by atoms with Crippen molar-refractivity contribution in [1.29, 1.82) is 0 Å². The molecule has 3 nitrogen and oxygen atoms in total. The average molecular weight is 220 g/mol. The summed E-state index contributed by atoms with van der Waals surface area (Å²) < 4.78 is 10.7. The standard InChI is InChI=1S/C13H16O3/c14-13-15-11-7-4-8(12(11)16-13)10-6-2-1-5(3-6)9(7)10/h5-12H,1-4H2. The second-order valence-electron chi connectivity index (χ2n) is 6.47. The topological polar surface area (TPSA) is 35.5 Å². The molecule has 86 valence electrons. The van der Waals surface area contributed by atoms with Gasteiger partial charge < -0.3 is 9.47 Å². The molecule has 5 fully saturated rings. The highest BCUT2D eigenvalue weighted by molar-refractivity contribution is 5.63. The SMILES string of the molecule is O=C1OC2C3CC(C2O1)C1C2CCC(C2)C31. The summed E-state index contributed by atoms with van der Waals surface area (Å²) in [6, 6.07) is 0. The molecule has 1 aliphatic heterocycles. The maximum Gasteiger partial charge on any atom is 0.509 e. The summed E-state index contributed by atoms with van der Waals surface area (Å²) in [5, 5.41) is 0. The third-order valence-corrected chi connectivity index (χ3v) is 6.21. The molecule has 5 rings (SSSR count). The lowest BCUT2D eigenvalue weighted by Gasteiger charge is -2.38. The third kappa shape index (κ3) is 0.731. The van der Waals surface area contributed by atoms with Crippen molar-refractivity contribution >= 4 is 6.16 Å². The smallest absolute Gasteiger partial charge is 0.427 e. The van der Waals surface area contributed by atoms with Crippen molar-refractivity contribution in [3.8, 4) is 0 Å². The van der Waals surface area contributed by atoms with Crippen LogP contribution < -0.4 is 0 Å². The molecule has 16 heavy (non-hydrogen) atoms. The molecule has 8 unspecified atom stereocenters. The first-order chi connectivity index (χ1) is 7.83. The highest BCUT2D eigenvalue weighted by atomic mass is 16.8. The third-order valence-electron chi connectivity index (χ3n) is 6.21. The van der Waals surface area contributed by atoms with E-state index in [1.54, 1.807) is 0 Å². The summed E-state index contributed by atoms with van der Waals surface area (Å²) in [4.78, 5) is 11.2. The van der Waals surface area contributed by atoms with Crippen LogP contribution in [0.4, 0.5) is 4.79 Å². The molecular formula is C13H16O3. The predicted octanol–water partition coefficient (Wildman–Crippen LogP) is 2.20. The highest BCUT2D eigenvalue weighted by Gasteiger charge is 2.69. The van der Waals surface area contributed by atoms with Crippen LogP contribution in [0.2, 0.25) is 0 Å². The van der Waals surface area contributed by atoms with Crippen LogP contribution in [0.5, 0.6) is 0 Å². The minimum Gasteiger partial charge on any atom is -0.427 e. The number of rotatable bonds is 0.